The number of carbonyl (C=O) groups excluding carboxylic acids is 1. The highest BCUT2D eigenvalue weighted by Gasteiger charge is 2.26. The lowest BCUT2D eigenvalue weighted by Gasteiger charge is -2.29. The second-order valence-electron chi connectivity index (χ2n) is 7.85. The van der Waals surface area contributed by atoms with Gasteiger partial charge in [0.2, 0.25) is 0 Å². The molecule has 1 fully saturated rings. The Hall–Kier alpha value is -2.79. The zero-order valence-corrected chi connectivity index (χ0v) is 17.4. The maximum Gasteiger partial charge on any atom is 0.251 e. The predicted molar refractivity (Wildman–Crippen MR) is 117 cm³/mol. The summed E-state index contributed by atoms with van der Waals surface area (Å²) in [5, 5.41) is 4.28. The average molecular weight is 392 g/mol. The first kappa shape index (κ1) is 19.5. The summed E-state index contributed by atoms with van der Waals surface area (Å²) in [4.78, 5) is 18.7. The Morgan fingerprint density at radius 2 is 1.93 bits per heavy atom. The largest absolute Gasteiger partial charge is 0.496 e. The zero-order chi connectivity index (χ0) is 20.4. The molecule has 1 aromatic heterocycles. The summed E-state index contributed by atoms with van der Waals surface area (Å²) >= 11 is 0. The second kappa shape index (κ2) is 8.29. The fourth-order valence-corrected chi connectivity index (χ4v) is 4.32. The Labute approximate surface area is 172 Å². The van der Waals surface area contributed by atoms with E-state index in [1.807, 2.05) is 36.4 Å². The average Bonchev–Trinajstić information content (AvgIpc) is 3.37. The number of ether oxygens (including phenoxy) is 1. The number of benzene rings is 2. The molecule has 1 atom stereocenters. The molecule has 5 heteroatoms. The number of aryl methyl sites for hydroxylation is 2. The molecule has 1 aliphatic heterocycles. The minimum absolute atomic E-state index is 0.0377. The van der Waals surface area contributed by atoms with Crippen molar-refractivity contribution in [2.45, 2.75) is 32.7 Å². The molecule has 152 valence electrons. The molecule has 0 bridgehead atoms. The zero-order valence-electron chi connectivity index (χ0n) is 17.4. The van der Waals surface area contributed by atoms with Gasteiger partial charge in [0.15, 0.2) is 0 Å². The lowest BCUT2D eigenvalue weighted by atomic mass is 10.0. The molecule has 0 saturated carbocycles. The molecule has 1 saturated heterocycles. The van der Waals surface area contributed by atoms with E-state index in [2.05, 4.69) is 35.1 Å². The fraction of sp³-hybridized carbons (Fsp3) is 0.375. The number of carbonyl (C=O) groups is 1. The summed E-state index contributed by atoms with van der Waals surface area (Å²) in [5.41, 5.74) is 5.23. The van der Waals surface area contributed by atoms with Gasteiger partial charge in [0.05, 0.1) is 13.2 Å². The van der Waals surface area contributed by atoms with Crippen LogP contribution in [0.4, 0.5) is 0 Å². The van der Waals surface area contributed by atoms with E-state index in [1.165, 1.54) is 18.4 Å². The summed E-state index contributed by atoms with van der Waals surface area (Å²) < 4.78 is 5.60. The molecule has 0 radical (unpaired) electrons. The van der Waals surface area contributed by atoms with Crippen LogP contribution in [-0.2, 0) is 0 Å². The van der Waals surface area contributed by atoms with Crippen LogP contribution in [0.15, 0.2) is 42.5 Å². The maximum atomic E-state index is 12.9. The monoisotopic (exact) mass is 391 g/mol. The van der Waals surface area contributed by atoms with E-state index in [9.17, 15) is 4.79 Å². The van der Waals surface area contributed by atoms with Crippen molar-refractivity contribution in [2.24, 2.45) is 0 Å². The summed E-state index contributed by atoms with van der Waals surface area (Å²) in [6.45, 7) is 6.80. The number of aromatic amines is 1. The number of H-pyrrole nitrogens is 1. The van der Waals surface area contributed by atoms with Crippen LogP contribution in [-0.4, -0.2) is 42.5 Å². The standard InChI is InChI=1S/C24H29N3O2/c1-16-17(2)26-21-11-10-18(14-20(16)21)24(28)25-15-22(27-12-6-7-13-27)19-8-4-5-9-23(19)29-3/h4-5,8-11,14,22,26H,6-7,12-13,15H2,1-3H3,(H,25,28). The van der Waals surface area contributed by atoms with Gasteiger partial charge in [-0.2, -0.15) is 0 Å². The van der Waals surface area contributed by atoms with E-state index < -0.39 is 0 Å². The number of hydrogen-bond donors (Lipinski definition) is 2. The molecule has 0 spiro atoms. The smallest absolute Gasteiger partial charge is 0.251 e. The number of methoxy groups -OCH3 is 1. The van der Waals surface area contributed by atoms with Gasteiger partial charge in [-0.15, -0.1) is 0 Å². The second-order valence-corrected chi connectivity index (χ2v) is 7.85. The summed E-state index contributed by atoms with van der Waals surface area (Å²) in [6.07, 6.45) is 2.39. The lowest BCUT2D eigenvalue weighted by Crippen LogP contribution is -2.37. The van der Waals surface area contributed by atoms with Gasteiger partial charge in [0.1, 0.15) is 5.75 Å². The van der Waals surface area contributed by atoms with Gasteiger partial charge >= 0.3 is 0 Å². The molecular formula is C24H29N3O2. The van der Waals surface area contributed by atoms with E-state index >= 15 is 0 Å². The number of aromatic nitrogens is 1. The number of rotatable bonds is 6. The first-order valence-electron chi connectivity index (χ1n) is 10.3. The Kier molecular flexibility index (Phi) is 5.58. The number of para-hydroxylation sites is 1. The summed E-state index contributed by atoms with van der Waals surface area (Å²) in [5.74, 6) is 0.836. The van der Waals surface area contributed by atoms with Crippen LogP contribution >= 0.6 is 0 Å². The van der Waals surface area contributed by atoms with Gasteiger partial charge in [0, 0.05) is 34.3 Å². The van der Waals surface area contributed by atoms with Crippen molar-refractivity contribution in [1.82, 2.24) is 15.2 Å². The summed E-state index contributed by atoms with van der Waals surface area (Å²) in [6, 6.07) is 14.1. The topological polar surface area (TPSA) is 57.4 Å². The van der Waals surface area contributed by atoms with Crippen LogP contribution in [0.2, 0.25) is 0 Å². The highest BCUT2D eigenvalue weighted by Crippen LogP contribution is 2.31. The first-order chi connectivity index (χ1) is 14.1. The Balaban J connectivity index is 1.55. The molecule has 2 heterocycles. The number of likely N-dealkylation sites (tertiary alicyclic amines) is 1. The molecule has 3 aromatic rings. The number of nitrogens with one attached hydrogen (secondary N) is 2. The minimum Gasteiger partial charge on any atom is -0.496 e. The highest BCUT2D eigenvalue weighted by atomic mass is 16.5. The normalized spacial score (nSPS) is 15.6. The Bertz CT molecular complexity index is 1020. The minimum atomic E-state index is -0.0377. The maximum absolute atomic E-state index is 12.9. The molecule has 1 unspecified atom stereocenters. The van der Waals surface area contributed by atoms with Crippen molar-refractivity contribution in [1.29, 1.82) is 0 Å². The van der Waals surface area contributed by atoms with Crippen LogP contribution in [0.5, 0.6) is 5.75 Å². The first-order valence-corrected chi connectivity index (χ1v) is 10.3. The van der Waals surface area contributed by atoms with Crippen molar-refractivity contribution in [2.75, 3.05) is 26.7 Å². The SMILES string of the molecule is COc1ccccc1C(CNC(=O)c1ccc2[nH]c(C)c(C)c2c1)N1CCCC1. The molecule has 1 aliphatic rings. The molecule has 4 rings (SSSR count). The van der Waals surface area contributed by atoms with Crippen LogP contribution in [0.3, 0.4) is 0 Å². The van der Waals surface area contributed by atoms with E-state index in [0.29, 0.717) is 12.1 Å². The molecule has 29 heavy (non-hydrogen) atoms. The van der Waals surface area contributed by atoms with Crippen molar-refractivity contribution >= 4 is 16.8 Å². The van der Waals surface area contributed by atoms with Crippen LogP contribution in [0.1, 0.15) is 46.1 Å². The summed E-state index contributed by atoms with van der Waals surface area (Å²) in [7, 11) is 1.70. The van der Waals surface area contributed by atoms with Crippen LogP contribution < -0.4 is 10.1 Å². The Morgan fingerprint density at radius 1 is 1.17 bits per heavy atom. The van der Waals surface area contributed by atoms with E-state index in [0.717, 1.165) is 41.0 Å². The van der Waals surface area contributed by atoms with Crippen LogP contribution in [0, 0.1) is 13.8 Å². The van der Waals surface area contributed by atoms with Crippen molar-refractivity contribution < 1.29 is 9.53 Å². The third kappa shape index (κ3) is 3.87. The quantitative estimate of drug-likeness (QED) is 0.656. The number of hydrogen-bond acceptors (Lipinski definition) is 3. The molecule has 0 aliphatic carbocycles. The van der Waals surface area contributed by atoms with Gasteiger partial charge < -0.3 is 15.0 Å². The lowest BCUT2D eigenvalue weighted by molar-refractivity contribution is 0.0937. The number of nitrogens with zero attached hydrogens (tertiary/aromatic N) is 1. The van der Waals surface area contributed by atoms with Crippen molar-refractivity contribution in [3.8, 4) is 5.75 Å². The molecule has 2 aromatic carbocycles. The molecule has 2 N–H and O–H groups in total. The van der Waals surface area contributed by atoms with Crippen molar-refractivity contribution in [3.63, 3.8) is 0 Å². The van der Waals surface area contributed by atoms with Crippen molar-refractivity contribution in [3.05, 3.63) is 64.8 Å². The molecule has 5 nitrogen and oxygen atoms in total. The molecule has 1 amide bonds. The Morgan fingerprint density at radius 3 is 2.69 bits per heavy atom. The predicted octanol–water partition coefficient (Wildman–Crippen LogP) is 4.36. The third-order valence-corrected chi connectivity index (χ3v) is 6.11. The van der Waals surface area contributed by atoms with Gasteiger partial charge in [-0.25, -0.2) is 0 Å². The van der Waals surface area contributed by atoms with Gasteiger partial charge in [-0.3, -0.25) is 9.69 Å². The fourth-order valence-electron chi connectivity index (χ4n) is 4.32. The van der Waals surface area contributed by atoms with Crippen LogP contribution in [0.25, 0.3) is 10.9 Å². The van der Waals surface area contributed by atoms with E-state index in [4.69, 9.17) is 4.74 Å². The van der Waals surface area contributed by atoms with Gasteiger partial charge in [-0.05, 0) is 69.6 Å². The highest BCUT2D eigenvalue weighted by molar-refractivity contribution is 5.99. The van der Waals surface area contributed by atoms with Gasteiger partial charge in [-0.1, -0.05) is 18.2 Å². The van der Waals surface area contributed by atoms with E-state index in [1.54, 1.807) is 7.11 Å². The third-order valence-electron chi connectivity index (χ3n) is 6.11. The molecular weight excluding hydrogens is 362 g/mol. The number of fused-ring (bicyclic) bond motifs is 1. The van der Waals surface area contributed by atoms with E-state index in [-0.39, 0.29) is 11.9 Å². The number of amides is 1. The van der Waals surface area contributed by atoms with Gasteiger partial charge in [0.25, 0.3) is 5.91 Å².